The quantitative estimate of drug-likeness (QED) is 0.494. The third-order valence-electron chi connectivity index (χ3n) is 6.63. The van der Waals surface area contributed by atoms with E-state index in [4.69, 9.17) is 0 Å². The van der Waals surface area contributed by atoms with Gasteiger partial charge in [-0.3, -0.25) is 9.78 Å². The van der Waals surface area contributed by atoms with Gasteiger partial charge in [0.25, 0.3) is 0 Å². The monoisotopic (exact) mass is 457 g/mol. The maximum absolute atomic E-state index is 15.1. The number of hydrogen-bond donors (Lipinski definition) is 0. The fourth-order valence-corrected chi connectivity index (χ4v) is 4.92. The summed E-state index contributed by atoms with van der Waals surface area (Å²) in [7, 11) is 1.57. The van der Waals surface area contributed by atoms with E-state index in [1.807, 2.05) is 24.3 Å². The summed E-state index contributed by atoms with van der Waals surface area (Å²) in [5.74, 6) is 2.88. The molecule has 3 amide bonds. The molecule has 1 aromatic heterocycles. The highest BCUT2D eigenvalue weighted by molar-refractivity contribution is 6.16. The van der Waals surface area contributed by atoms with Crippen LogP contribution in [0, 0.1) is 23.5 Å². The van der Waals surface area contributed by atoms with Crippen molar-refractivity contribution in [1.29, 1.82) is 0 Å². The van der Waals surface area contributed by atoms with Crippen LogP contribution in [0.25, 0.3) is 0 Å². The summed E-state index contributed by atoms with van der Waals surface area (Å²) in [6, 6.07) is 12.2. The Bertz CT molecular complexity index is 1340. The molecule has 7 heteroatoms. The fraction of sp³-hybridized carbons (Fsp3) is 0.222. The van der Waals surface area contributed by atoms with E-state index in [0.29, 0.717) is 16.9 Å². The van der Waals surface area contributed by atoms with Crippen molar-refractivity contribution in [2.75, 3.05) is 11.9 Å². The van der Waals surface area contributed by atoms with Crippen molar-refractivity contribution in [3.8, 4) is 11.8 Å². The number of carbonyl (C=O) groups excluding carboxylic acids is 2. The van der Waals surface area contributed by atoms with Gasteiger partial charge in [0.15, 0.2) is 11.6 Å². The molecule has 5 rings (SSSR count). The predicted molar refractivity (Wildman–Crippen MR) is 123 cm³/mol. The van der Waals surface area contributed by atoms with E-state index >= 15 is 8.78 Å². The third-order valence-corrected chi connectivity index (χ3v) is 6.63. The summed E-state index contributed by atoms with van der Waals surface area (Å²) in [6.45, 7) is 0. The zero-order valence-electron chi connectivity index (χ0n) is 18.5. The van der Waals surface area contributed by atoms with Crippen LogP contribution in [-0.4, -0.2) is 28.9 Å². The van der Waals surface area contributed by atoms with Crippen LogP contribution in [0.3, 0.4) is 0 Å². The SMILES string of the molecule is CN1C(=O)N(c2c(F)cc(C#Cc3ccccc3)cc2F)C(=O)C[C@]12CCCc1ccncc12. The van der Waals surface area contributed by atoms with Crippen molar-refractivity contribution in [1.82, 2.24) is 9.88 Å². The van der Waals surface area contributed by atoms with Crippen molar-refractivity contribution >= 4 is 17.6 Å². The topological polar surface area (TPSA) is 53.5 Å². The summed E-state index contributed by atoms with van der Waals surface area (Å²) in [5, 5.41) is 0. The number of benzene rings is 2. The van der Waals surface area contributed by atoms with Gasteiger partial charge in [-0.15, -0.1) is 0 Å². The first-order valence-electron chi connectivity index (χ1n) is 11.0. The second-order valence-electron chi connectivity index (χ2n) is 8.57. The molecule has 0 radical (unpaired) electrons. The predicted octanol–water partition coefficient (Wildman–Crippen LogP) is 4.78. The van der Waals surface area contributed by atoms with Gasteiger partial charge in [-0.05, 0) is 60.7 Å². The van der Waals surface area contributed by atoms with Crippen molar-refractivity contribution in [2.45, 2.75) is 31.2 Å². The van der Waals surface area contributed by atoms with Gasteiger partial charge in [-0.1, -0.05) is 30.0 Å². The minimum Gasteiger partial charge on any atom is -0.317 e. The number of carbonyl (C=O) groups is 2. The van der Waals surface area contributed by atoms with Crippen LogP contribution in [0.5, 0.6) is 0 Å². The average molecular weight is 457 g/mol. The number of hydrogen-bond acceptors (Lipinski definition) is 3. The number of aryl methyl sites for hydroxylation is 1. The molecule has 1 fully saturated rings. The number of rotatable bonds is 1. The highest BCUT2D eigenvalue weighted by Crippen LogP contribution is 2.46. The normalized spacial score (nSPS) is 19.6. The van der Waals surface area contributed by atoms with E-state index in [9.17, 15) is 9.59 Å². The van der Waals surface area contributed by atoms with Crippen molar-refractivity contribution in [3.05, 3.63) is 94.8 Å². The van der Waals surface area contributed by atoms with E-state index < -0.39 is 34.8 Å². The van der Waals surface area contributed by atoms with Crippen LogP contribution >= 0.6 is 0 Å². The lowest BCUT2D eigenvalue weighted by molar-refractivity contribution is -0.123. The maximum atomic E-state index is 15.1. The Balaban J connectivity index is 1.50. The first-order chi connectivity index (χ1) is 16.4. The van der Waals surface area contributed by atoms with E-state index in [2.05, 4.69) is 16.8 Å². The van der Waals surface area contributed by atoms with Gasteiger partial charge in [0.05, 0.1) is 12.0 Å². The van der Waals surface area contributed by atoms with Crippen LogP contribution in [0.1, 0.15) is 41.5 Å². The molecule has 1 aliphatic heterocycles. The first kappa shape index (κ1) is 21.8. The number of amides is 3. The number of halogens is 2. The van der Waals surface area contributed by atoms with Crippen molar-refractivity contribution < 1.29 is 18.4 Å². The van der Waals surface area contributed by atoms with E-state index in [-0.39, 0.29) is 12.0 Å². The standard InChI is InChI=1S/C27H21F2N3O2/c1-31-26(34)32(24(33)16-27(31)12-5-8-20-11-13-30-17-21(20)27)25-22(28)14-19(15-23(25)29)10-9-18-6-3-2-4-7-18/h2-4,6-7,11,13-15,17H,5,8,12,16H2,1H3/t27-/m0/s1. The lowest BCUT2D eigenvalue weighted by atomic mass is 9.73. The number of pyridine rings is 1. The number of imide groups is 1. The van der Waals surface area contributed by atoms with Crippen LogP contribution in [-0.2, 0) is 16.8 Å². The molecule has 1 spiro atoms. The van der Waals surface area contributed by atoms with Gasteiger partial charge in [0.2, 0.25) is 5.91 Å². The summed E-state index contributed by atoms with van der Waals surface area (Å²) in [4.78, 5) is 32.8. The molecule has 0 bridgehead atoms. The van der Waals surface area contributed by atoms with Crippen LogP contribution in [0.2, 0.25) is 0 Å². The molecule has 170 valence electrons. The molecule has 2 heterocycles. The Labute approximate surface area is 196 Å². The van der Waals surface area contributed by atoms with Crippen LogP contribution in [0.15, 0.2) is 60.9 Å². The number of fused-ring (bicyclic) bond motifs is 2. The zero-order chi connectivity index (χ0) is 23.9. The molecule has 34 heavy (non-hydrogen) atoms. The molecule has 2 aliphatic rings. The van der Waals surface area contributed by atoms with Crippen molar-refractivity contribution in [2.24, 2.45) is 0 Å². The zero-order valence-corrected chi connectivity index (χ0v) is 18.5. The van der Waals surface area contributed by atoms with Gasteiger partial charge in [0.1, 0.15) is 5.69 Å². The molecule has 0 unspecified atom stereocenters. The molecule has 1 aliphatic carbocycles. The fourth-order valence-electron chi connectivity index (χ4n) is 4.92. The second kappa shape index (κ2) is 8.38. The Hall–Kier alpha value is -4.05. The molecule has 0 N–H and O–H groups in total. The maximum Gasteiger partial charge on any atom is 0.332 e. The molecular weight excluding hydrogens is 436 g/mol. The van der Waals surface area contributed by atoms with E-state index in [0.717, 1.165) is 36.1 Å². The summed E-state index contributed by atoms with van der Waals surface area (Å²) in [6.07, 6.45) is 5.48. The Morgan fingerprint density at radius 1 is 1.00 bits per heavy atom. The lowest BCUT2D eigenvalue weighted by Crippen LogP contribution is -2.62. The molecule has 1 atom stereocenters. The van der Waals surface area contributed by atoms with E-state index in [1.54, 1.807) is 31.6 Å². The van der Waals surface area contributed by atoms with E-state index in [1.165, 1.54) is 4.90 Å². The molecule has 3 aromatic rings. The number of anilines is 1. The Morgan fingerprint density at radius 2 is 1.71 bits per heavy atom. The average Bonchev–Trinajstić information content (AvgIpc) is 2.84. The van der Waals surface area contributed by atoms with Gasteiger partial charge >= 0.3 is 6.03 Å². The smallest absolute Gasteiger partial charge is 0.317 e. The highest BCUT2D eigenvalue weighted by atomic mass is 19.1. The Morgan fingerprint density at radius 3 is 2.44 bits per heavy atom. The van der Waals surface area contributed by atoms with Gasteiger partial charge in [0, 0.05) is 30.6 Å². The van der Waals surface area contributed by atoms with Crippen molar-refractivity contribution in [3.63, 3.8) is 0 Å². The molecule has 0 saturated carbocycles. The third kappa shape index (κ3) is 3.52. The minimum absolute atomic E-state index is 0.0810. The van der Waals surface area contributed by atoms with Crippen LogP contribution in [0.4, 0.5) is 19.3 Å². The number of urea groups is 1. The highest BCUT2D eigenvalue weighted by Gasteiger charge is 2.52. The second-order valence-corrected chi connectivity index (χ2v) is 8.57. The first-order valence-corrected chi connectivity index (χ1v) is 11.0. The molecular formula is C27H21F2N3O2. The minimum atomic E-state index is -1.02. The summed E-state index contributed by atoms with van der Waals surface area (Å²) in [5.41, 5.74) is 1.10. The largest absolute Gasteiger partial charge is 0.332 e. The summed E-state index contributed by atoms with van der Waals surface area (Å²) >= 11 is 0. The van der Waals surface area contributed by atoms with Crippen LogP contribution < -0.4 is 4.90 Å². The number of aromatic nitrogens is 1. The molecule has 1 saturated heterocycles. The Kier molecular flexibility index (Phi) is 5.37. The lowest BCUT2D eigenvalue weighted by Gasteiger charge is -2.50. The summed E-state index contributed by atoms with van der Waals surface area (Å²) < 4.78 is 30.2. The molecule has 5 nitrogen and oxygen atoms in total. The van der Waals surface area contributed by atoms with Gasteiger partial charge in [-0.2, -0.15) is 0 Å². The van der Waals surface area contributed by atoms with Gasteiger partial charge < -0.3 is 4.90 Å². The van der Waals surface area contributed by atoms with Gasteiger partial charge in [-0.25, -0.2) is 18.5 Å². The number of nitrogens with zero attached hydrogens (tertiary/aromatic N) is 3. The molecule has 2 aromatic carbocycles.